The first kappa shape index (κ1) is 14.1. The van der Waals surface area contributed by atoms with Crippen molar-refractivity contribution in [1.29, 1.82) is 0 Å². The summed E-state index contributed by atoms with van der Waals surface area (Å²) >= 11 is 13.0. The van der Waals surface area contributed by atoms with Gasteiger partial charge >= 0.3 is 0 Å². The van der Waals surface area contributed by atoms with Crippen LogP contribution >= 0.6 is 34.7 Å². The Kier molecular flexibility index (Phi) is 5.87. The summed E-state index contributed by atoms with van der Waals surface area (Å²) in [4.78, 5) is 11.8. The molecule has 2 nitrogen and oxygen atoms in total. The van der Waals surface area contributed by atoms with E-state index in [0.29, 0.717) is 4.34 Å². The first-order chi connectivity index (χ1) is 7.61. The molecule has 0 amide bonds. The molecule has 0 spiro atoms. The molecule has 0 aliphatic rings. The molecule has 16 heavy (non-hydrogen) atoms. The maximum Gasteiger partial charge on any atom is 0.281 e. The molecule has 1 aromatic rings. The van der Waals surface area contributed by atoms with Gasteiger partial charge in [-0.25, -0.2) is 0 Å². The van der Waals surface area contributed by atoms with Gasteiger partial charge in [0.2, 0.25) is 0 Å². The van der Waals surface area contributed by atoms with Crippen LogP contribution in [0.25, 0.3) is 0 Å². The number of hydrogen-bond donors (Lipinski definition) is 0. The summed E-state index contributed by atoms with van der Waals surface area (Å²) in [5, 5.41) is 0.171. The van der Waals surface area contributed by atoms with E-state index in [-0.39, 0.29) is 16.6 Å². The lowest BCUT2D eigenvalue weighted by Gasteiger charge is -2.15. The largest absolute Gasteiger partial charge is 0.281 e. The molecule has 1 unspecified atom stereocenters. The van der Waals surface area contributed by atoms with Crippen LogP contribution in [0.2, 0.25) is 9.36 Å². The van der Waals surface area contributed by atoms with Crippen LogP contribution in [0.15, 0.2) is 4.79 Å². The van der Waals surface area contributed by atoms with Gasteiger partial charge in [0.05, 0.1) is 0 Å². The lowest BCUT2D eigenvalue weighted by Crippen LogP contribution is -2.19. The van der Waals surface area contributed by atoms with Crippen LogP contribution in [0, 0.1) is 0 Å². The fourth-order valence-electron chi connectivity index (χ4n) is 1.74. The van der Waals surface area contributed by atoms with Crippen LogP contribution in [-0.2, 0) is 0 Å². The highest BCUT2D eigenvalue weighted by molar-refractivity contribution is 7.11. The van der Waals surface area contributed by atoms with Gasteiger partial charge in [-0.2, -0.15) is 0 Å². The first-order valence-electron chi connectivity index (χ1n) is 5.68. The van der Waals surface area contributed by atoms with Gasteiger partial charge in [-0.1, -0.05) is 56.3 Å². The topological polar surface area (TPSA) is 22.0 Å². The second kappa shape index (κ2) is 6.67. The zero-order valence-corrected chi connectivity index (χ0v) is 12.0. The van der Waals surface area contributed by atoms with Crippen molar-refractivity contribution in [3.63, 3.8) is 0 Å². The summed E-state index contributed by atoms with van der Waals surface area (Å²) in [6.45, 7) is 4.28. The number of hydrogen-bond acceptors (Lipinski definition) is 2. The van der Waals surface area contributed by atoms with Gasteiger partial charge in [0.1, 0.15) is 9.36 Å². The van der Waals surface area contributed by atoms with Crippen molar-refractivity contribution in [3.8, 4) is 0 Å². The SMILES string of the molecule is CCCCC(CCC)n1sc(Cl)c(Cl)c1=O. The zero-order chi connectivity index (χ0) is 12.1. The molecule has 1 rings (SSSR count). The van der Waals surface area contributed by atoms with Gasteiger partial charge in [0, 0.05) is 6.04 Å². The van der Waals surface area contributed by atoms with Crippen molar-refractivity contribution >= 4 is 34.7 Å². The Morgan fingerprint density at radius 1 is 1.25 bits per heavy atom. The van der Waals surface area contributed by atoms with E-state index in [1.165, 1.54) is 11.5 Å². The van der Waals surface area contributed by atoms with Gasteiger partial charge < -0.3 is 0 Å². The fraction of sp³-hybridized carbons (Fsp3) is 0.727. The highest BCUT2D eigenvalue weighted by atomic mass is 35.5. The van der Waals surface area contributed by atoms with Crippen LogP contribution in [0.4, 0.5) is 0 Å². The fourth-order valence-corrected chi connectivity index (χ4v) is 3.16. The Balaban J connectivity index is 2.91. The summed E-state index contributed by atoms with van der Waals surface area (Å²) in [6, 6.07) is 0.257. The summed E-state index contributed by atoms with van der Waals surface area (Å²) in [5.74, 6) is 0. The number of unbranched alkanes of at least 4 members (excludes halogenated alkanes) is 1. The molecular formula is C11H17Cl2NOS. The van der Waals surface area contributed by atoms with Crippen molar-refractivity contribution in [2.24, 2.45) is 0 Å². The third-order valence-electron chi connectivity index (χ3n) is 2.58. The van der Waals surface area contributed by atoms with Gasteiger partial charge in [0.15, 0.2) is 0 Å². The monoisotopic (exact) mass is 281 g/mol. The molecule has 92 valence electrons. The van der Waals surface area contributed by atoms with E-state index >= 15 is 0 Å². The third kappa shape index (κ3) is 3.25. The van der Waals surface area contributed by atoms with Crippen LogP contribution in [0.1, 0.15) is 52.0 Å². The van der Waals surface area contributed by atoms with Gasteiger partial charge in [0.25, 0.3) is 5.56 Å². The Morgan fingerprint density at radius 2 is 1.94 bits per heavy atom. The normalized spacial score (nSPS) is 13.0. The predicted octanol–water partition coefficient (Wildman–Crippen LogP) is 4.75. The molecule has 0 aliphatic heterocycles. The molecule has 1 heterocycles. The van der Waals surface area contributed by atoms with Crippen molar-refractivity contribution in [3.05, 3.63) is 19.7 Å². The van der Waals surface area contributed by atoms with E-state index in [1.54, 1.807) is 3.96 Å². The molecule has 0 aromatic carbocycles. The molecule has 5 heteroatoms. The number of rotatable bonds is 6. The first-order valence-corrected chi connectivity index (χ1v) is 7.21. The summed E-state index contributed by atoms with van der Waals surface area (Å²) < 4.78 is 2.15. The molecule has 0 radical (unpaired) electrons. The average Bonchev–Trinajstić information content (AvgIpc) is 2.52. The highest BCUT2D eigenvalue weighted by Gasteiger charge is 2.18. The molecule has 0 aliphatic carbocycles. The molecule has 0 saturated carbocycles. The lowest BCUT2D eigenvalue weighted by molar-refractivity contribution is 0.434. The van der Waals surface area contributed by atoms with Gasteiger partial charge in [-0.3, -0.25) is 8.75 Å². The Bertz CT molecular complexity index is 386. The van der Waals surface area contributed by atoms with E-state index in [4.69, 9.17) is 23.2 Å². The maximum atomic E-state index is 11.8. The standard InChI is InChI=1S/C11H17Cl2NOS/c1-3-5-7-8(6-4-2)14-11(15)9(12)10(13)16-14/h8H,3-7H2,1-2H3. The highest BCUT2D eigenvalue weighted by Crippen LogP contribution is 2.29. The van der Waals surface area contributed by atoms with Crippen molar-refractivity contribution < 1.29 is 0 Å². The van der Waals surface area contributed by atoms with E-state index in [2.05, 4.69) is 13.8 Å². The van der Waals surface area contributed by atoms with Gasteiger partial charge in [-0.05, 0) is 24.4 Å². The number of nitrogens with zero attached hydrogens (tertiary/aromatic N) is 1. The van der Waals surface area contributed by atoms with Crippen LogP contribution in [0.3, 0.4) is 0 Å². The van der Waals surface area contributed by atoms with Crippen molar-refractivity contribution in [1.82, 2.24) is 3.96 Å². The minimum Gasteiger partial charge on any atom is -0.267 e. The minimum absolute atomic E-state index is 0.133. The van der Waals surface area contributed by atoms with Crippen molar-refractivity contribution in [2.45, 2.75) is 52.0 Å². The molecule has 0 fully saturated rings. The molecule has 1 atom stereocenters. The Hall–Kier alpha value is 0.01000. The summed E-state index contributed by atoms with van der Waals surface area (Å²) in [7, 11) is 0. The Labute approximate surface area is 110 Å². The molecule has 0 saturated heterocycles. The second-order valence-corrected chi connectivity index (χ2v) is 5.86. The van der Waals surface area contributed by atoms with E-state index in [1.807, 2.05) is 0 Å². The Morgan fingerprint density at radius 3 is 2.38 bits per heavy atom. The van der Waals surface area contributed by atoms with Crippen LogP contribution in [-0.4, -0.2) is 3.96 Å². The minimum atomic E-state index is -0.133. The lowest BCUT2D eigenvalue weighted by atomic mass is 10.1. The maximum absolute atomic E-state index is 11.8. The van der Waals surface area contributed by atoms with Gasteiger partial charge in [-0.15, -0.1) is 0 Å². The van der Waals surface area contributed by atoms with E-state index in [0.717, 1.165) is 32.1 Å². The molecule has 0 bridgehead atoms. The molecular weight excluding hydrogens is 265 g/mol. The summed E-state index contributed by atoms with van der Waals surface area (Å²) in [6.07, 6.45) is 5.37. The molecule has 0 N–H and O–H groups in total. The second-order valence-electron chi connectivity index (χ2n) is 3.89. The zero-order valence-electron chi connectivity index (χ0n) is 9.63. The van der Waals surface area contributed by atoms with E-state index in [9.17, 15) is 4.79 Å². The number of halogens is 2. The quantitative estimate of drug-likeness (QED) is 0.738. The predicted molar refractivity (Wildman–Crippen MR) is 72.1 cm³/mol. The summed E-state index contributed by atoms with van der Waals surface area (Å²) in [5.41, 5.74) is -0.133. The third-order valence-corrected chi connectivity index (χ3v) is 4.56. The molecule has 1 aromatic heterocycles. The van der Waals surface area contributed by atoms with E-state index < -0.39 is 0 Å². The number of aromatic nitrogens is 1. The average molecular weight is 282 g/mol. The van der Waals surface area contributed by atoms with Crippen LogP contribution < -0.4 is 5.56 Å². The van der Waals surface area contributed by atoms with Crippen LogP contribution in [0.5, 0.6) is 0 Å². The van der Waals surface area contributed by atoms with Crippen molar-refractivity contribution in [2.75, 3.05) is 0 Å². The smallest absolute Gasteiger partial charge is 0.267 e.